The van der Waals surface area contributed by atoms with E-state index < -0.39 is 0 Å². The molecule has 2 aromatic carbocycles. The van der Waals surface area contributed by atoms with E-state index in [1.54, 1.807) is 0 Å². The van der Waals surface area contributed by atoms with Crippen LogP contribution in [0.15, 0.2) is 48.8 Å². The normalized spacial score (nSPS) is 10.1. The monoisotopic (exact) mass is 325 g/mol. The number of nitrogens with zero attached hydrogens (tertiary/aromatic N) is 2. The molecule has 0 bridgehead atoms. The van der Waals surface area contributed by atoms with Crippen LogP contribution in [-0.4, -0.2) is 9.97 Å². The molecule has 0 unspecified atom stereocenters. The fraction of sp³-hybridized carbons (Fsp3) is 0. The van der Waals surface area contributed by atoms with Gasteiger partial charge >= 0.3 is 0 Å². The van der Waals surface area contributed by atoms with Crippen LogP contribution in [0.1, 0.15) is 0 Å². The summed E-state index contributed by atoms with van der Waals surface area (Å²) in [7, 11) is 0. The Bertz CT molecular complexity index is 729. The maximum absolute atomic E-state index is 5.95. The Morgan fingerprint density at radius 1 is 0.850 bits per heavy atom. The van der Waals surface area contributed by atoms with E-state index in [1.807, 2.05) is 42.5 Å². The van der Waals surface area contributed by atoms with Crippen LogP contribution < -0.4 is 5.32 Å². The molecule has 102 valence electrons. The zero-order chi connectivity index (χ0) is 13.2. The maximum Gasteiger partial charge on any atom is 0.141 e. The Morgan fingerprint density at radius 2 is 1.55 bits per heavy atom. The molecule has 6 heteroatoms. The SMILES string of the molecule is Cl.Clc1ccc(Nc2ncnc3cc(Cl)ccc23)cc1. The van der Waals surface area contributed by atoms with E-state index in [0.29, 0.717) is 10.0 Å². The molecule has 0 radical (unpaired) electrons. The minimum absolute atomic E-state index is 0. The summed E-state index contributed by atoms with van der Waals surface area (Å²) in [4.78, 5) is 8.46. The topological polar surface area (TPSA) is 37.8 Å². The lowest BCUT2D eigenvalue weighted by molar-refractivity contribution is 1.22. The van der Waals surface area contributed by atoms with Gasteiger partial charge in [-0.25, -0.2) is 9.97 Å². The van der Waals surface area contributed by atoms with Gasteiger partial charge in [-0.3, -0.25) is 0 Å². The van der Waals surface area contributed by atoms with Gasteiger partial charge in [-0.05, 0) is 42.5 Å². The van der Waals surface area contributed by atoms with E-state index in [4.69, 9.17) is 23.2 Å². The van der Waals surface area contributed by atoms with Gasteiger partial charge in [0.05, 0.1) is 5.52 Å². The van der Waals surface area contributed by atoms with Crippen molar-refractivity contribution < 1.29 is 0 Å². The van der Waals surface area contributed by atoms with Crippen molar-refractivity contribution in [1.29, 1.82) is 0 Å². The number of aromatic nitrogens is 2. The fourth-order valence-electron chi connectivity index (χ4n) is 1.80. The van der Waals surface area contributed by atoms with Crippen molar-refractivity contribution in [3.05, 3.63) is 58.8 Å². The summed E-state index contributed by atoms with van der Waals surface area (Å²) < 4.78 is 0. The van der Waals surface area contributed by atoms with Gasteiger partial charge in [-0.1, -0.05) is 23.2 Å². The average molecular weight is 327 g/mol. The average Bonchev–Trinajstić information content (AvgIpc) is 2.41. The molecule has 0 amide bonds. The molecule has 3 aromatic rings. The molecule has 0 saturated heterocycles. The van der Waals surface area contributed by atoms with Crippen LogP contribution in [0.2, 0.25) is 10.0 Å². The quantitative estimate of drug-likeness (QED) is 0.711. The lowest BCUT2D eigenvalue weighted by atomic mass is 10.2. The molecule has 3 rings (SSSR count). The third-order valence-corrected chi connectivity index (χ3v) is 3.19. The Labute approximate surface area is 132 Å². The lowest BCUT2D eigenvalue weighted by Crippen LogP contribution is -1.95. The van der Waals surface area contributed by atoms with E-state index in [0.717, 1.165) is 22.4 Å². The molecule has 20 heavy (non-hydrogen) atoms. The summed E-state index contributed by atoms with van der Waals surface area (Å²) in [5.41, 5.74) is 1.72. The van der Waals surface area contributed by atoms with Crippen LogP contribution in [0.4, 0.5) is 11.5 Å². The Balaban J connectivity index is 0.00000147. The number of nitrogens with one attached hydrogen (secondary N) is 1. The second-order valence-corrected chi connectivity index (χ2v) is 4.89. The number of anilines is 2. The first-order chi connectivity index (χ1) is 9.22. The first kappa shape index (κ1) is 14.9. The number of rotatable bonds is 2. The zero-order valence-electron chi connectivity index (χ0n) is 10.2. The predicted octanol–water partition coefficient (Wildman–Crippen LogP) is 5.10. The van der Waals surface area contributed by atoms with Crippen LogP contribution in [-0.2, 0) is 0 Å². The number of halogens is 3. The van der Waals surface area contributed by atoms with Gasteiger partial charge in [0.25, 0.3) is 0 Å². The highest BCUT2D eigenvalue weighted by Gasteiger charge is 2.04. The Kier molecular flexibility index (Phi) is 4.65. The highest BCUT2D eigenvalue weighted by Crippen LogP contribution is 2.25. The summed E-state index contributed by atoms with van der Waals surface area (Å²) in [5.74, 6) is 0.740. The molecule has 0 aliphatic rings. The molecule has 1 N–H and O–H groups in total. The molecule has 1 aromatic heterocycles. The smallest absolute Gasteiger partial charge is 0.141 e. The van der Waals surface area contributed by atoms with Crippen molar-refractivity contribution in [3.8, 4) is 0 Å². The van der Waals surface area contributed by atoms with Crippen LogP contribution in [0.25, 0.3) is 10.9 Å². The second-order valence-electron chi connectivity index (χ2n) is 4.02. The van der Waals surface area contributed by atoms with Crippen molar-refractivity contribution in [2.75, 3.05) is 5.32 Å². The number of hydrogen-bond donors (Lipinski definition) is 1. The van der Waals surface area contributed by atoms with Gasteiger partial charge in [0.2, 0.25) is 0 Å². The standard InChI is InChI=1S/C14H9Cl2N3.ClH/c15-9-1-4-11(5-2-9)19-14-12-6-3-10(16)7-13(12)17-8-18-14;/h1-8H,(H,17,18,19);1H. The van der Waals surface area contributed by atoms with E-state index >= 15 is 0 Å². The third kappa shape index (κ3) is 3.12. The summed E-state index contributed by atoms with van der Waals surface area (Å²) in [6.07, 6.45) is 1.51. The zero-order valence-corrected chi connectivity index (χ0v) is 12.5. The molecule has 1 heterocycles. The van der Waals surface area contributed by atoms with Crippen molar-refractivity contribution in [1.82, 2.24) is 9.97 Å². The van der Waals surface area contributed by atoms with E-state index in [-0.39, 0.29) is 12.4 Å². The van der Waals surface area contributed by atoms with Gasteiger partial charge in [0.15, 0.2) is 0 Å². The Hall–Kier alpha value is -1.55. The first-order valence-electron chi connectivity index (χ1n) is 5.65. The third-order valence-electron chi connectivity index (χ3n) is 2.71. The minimum Gasteiger partial charge on any atom is -0.340 e. The van der Waals surface area contributed by atoms with Gasteiger partial charge in [0, 0.05) is 21.1 Å². The summed E-state index contributed by atoms with van der Waals surface area (Å²) >= 11 is 11.8. The molecular weight excluding hydrogens is 317 g/mol. The van der Waals surface area contributed by atoms with E-state index in [2.05, 4.69) is 15.3 Å². The van der Waals surface area contributed by atoms with Crippen LogP contribution >= 0.6 is 35.6 Å². The van der Waals surface area contributed by atoms with Crippen molar-refractivity contribution in [2.45, 2.75) is 0 Å². The van der Waals surface area contributed by atoms with E-state index in [9.17, 15) is 0 Å². The number of hydrogen-bond acceptors (Lipinski definition) is 3. The Morgan fingerprint density at radius 3 is 2.30 bits per heavy atom. The summed E-state index contributed by atoms with van der Waals surface area (Å²) in [6, 6.07) is 13.0. The highest BCUT2D eigenvalue weighted by molar-refractivity contribution is 6.31. The highest BCUT2D eigenvalue weighted by atomic mass is 35.5. The van der Waals surface area contributed by atoms with Gasteiger partial charge in [-0.2, -0.15) is 0 Å². The molecule has 0 aliphatic carbocycles. The molecule has 3 nitrogen and oxygen atoms in total. The van der Waals surface area contributed by atoms with Crippen LogP contribution in [0, 0.1) is 0 Å². The van der Waals surface area contributed by atoms with Gasteiger partial charge in [0.1, 0.15) is 12.1 Å². The summed E-state index contributed by atoms with van der Waals surface area (Å²) in [6.45, 7) is 0. The second kappa shape index (κ2) is 6.27. The van der Waals surface area contributed by atoms with Crippen molar-refractivity contribution >= 4 is 58.0 Å². The van der Waals surface area contributed by atoms with Crippen molar-refractivity contribution in [2.24, 2.45) is 0 Å². The number of fused-ring (bicyclic) bond motifs is 1. The molecule has 0 aliphatic heterocycles. The molecule has 0 atom stereocenters. The maximum atomic E-state index is 5.95. The molecule has 0 fully saturated rings. The van der Waals surface area contributed by atoms with E-state index in [1.165, 1.54) is 6.33 Å². The fourth-order valence-corrected chi connectivity index (χ4v) is 2.09. The number of benzene rings is 2. The lowest BCUT2D eigenvalue weighted by Gasteiger charge is -2.08. The predicted molar refractivity (Wildman–Crippen MR) is 86.5 cm³/mol. The van der Waals surface area contributed by atoms with Gasteiger partial charge in [-0.15, -0.1) is 12.4 Å². The minimum atomic E-state index is 0. The molecule has 0 saturated carbocycles. The van der Waals surface area contributed by atoms with Crippen molar-refractivity contribution in [3.63, 3.8) is 0 Å². The van der Waals surface area contributed by atoms with Crippen LogP contribution in [0.5, 0.6) is 0 Å². The van der Waals surface area contributed by atoms with Crippen LogP contribution in [0.3, 0.4) is 0 Å². The largest absolute Gasteiger partial charge is 0.340 e. The molecule has 0 spiro atoms. The first-order valence-corrected chi connectivity index (χ1v) is 6.41. The summed E-state index contributed by atoms with van der Waals surface area (Å²) in [5, 5.41) is 5.51. The molecular formula is C14H10Cl3N3. The van der Waals surface area contributed by atoms with Gasteiger partial charge < -0.3 is 5.32 Å².